The Morgan fingerprint density at radius 2 is 1.96 bits per heavy atom. The van der Waals surface area contributed by atoms with Crippen LogP contribution in [-0.4, -0.2) is 60.5 Å². The minimum atomic E-state index is -0.145. The molecule has 6 nitrogen and oxygen atoms in total. The molecule has 2 atom stereocenters. The molecule has 2 heterocycles. The van der Waals surface area contributed by atoms with Crippen molar-refractivity contribution in [3.05, 3.63) is 35.9 Å². The summed E-state index contributed by atoms with van der Waals surface area (Å²) in [7, 11) is 1.77. The topological polar surface area (TPSA) is 64.7 Å². The second kappa shape index (κ2) is 8.34. The first-order valence-corrected chi connectivity index (χ1v) is 9.18. The number of urea groups is 1. The van der Waals surface area contributed by atoms with E-state index in [0.717, 1.165) is 31.5 Å². The van der Waals surface area contributed by atoms with Gasteiger partial charge < -0.3 is 20.4 Å². The van der Waals surface area contributed by atoms with E-state index in [1.54, 1.807) is 11.9 Å². The smallest absolute Gasteiger partial charge is 0.317 e. The molecule has 2 saturated heterocycles. The van der Waals surface area contributed by atoms with E-state index in [4.69, 9.17) is 0 Å². The molecule has 0 aromatic heterocycles. The van der Waals surface area contributed by atoms with E-state index in [1.165, 1.54) is 6.42 Å². The van der Waals surface area contributed by atoms with Crippen molar-refractivity contribution in [2.24, 2.45) is 0 Å². The largest absolute Gasteiger partial charge is 0.341 e. The Morgan fingerprint density at radius 1 is 1.20 bits per heavy atom. The maximum Gasteiger partial charge on any atom is 0.317 e. The predicted molar refractivity (Wildman–Crippen MR) is 97.1 cm³/mol. The maximum absolute atomic E-state index is 12.4. The van der Waals surface area contributed by atoms with Crippen molar-refractivity contribution >= 4 is 11.9 Å². The normalized spacial score (nSPS) is 22.4. The van der Waals surface area contributed by atoms with E-state index in [2.05, 4.69) is 10.6 Å². The number of hydrogen-bond acceptors (Lipinski definition) is 3. The Labute approximate surface area is 149 Å². The van der Waals surface area contributed by atoms with Crippen LogP contribution < -0.4 is 10.6 Å². The van der Waals surface area contributed by atoms with Gasteiger partial charge in [-0.25, -0.2) is 4.79 Å². The van der Waals surface area contributed by atoms with Gasteiger partial charge in [0.2, 0.25) is 5.91 Å². The van der Waals surface area contributed by atoms with Crippen LogP contribution in [0, 0.1) is 0 Å². The summed E-state index contributed by atoms with van der Waals surface area (Å²) >= 11 is 0. The van der Waals surface area contributed by atoms with Crippen molar-refractivity contribution in [1.82, 2.24) is 20.4 Å². The molecule has 2 aliphatic rings. The van der Waals surface area contributed by atoms with Crippen molar-refractivity contribution in [1.29, 1.82) is 0 Å². The van der Waals surface area contributed by atoms with Crippen LogP contribution in [0.25, 0.3) is 0 Å². The summed E-state index contributed by atoms with van der Waals surface area (Å²) in [4.78, 5) is 28.1. The molecule has 2 N–H and O–H groups in total. The average molecular weight is 344 g/mol. The summed E-state index contributed by atoms with van der Waals surface area (Å²) in [6.07, 6.45) is 3.79. The van der Waals surface area contributed by atoms with Gasteiger partial charge in [0.25, 0.3) is 0 Å². The first-order valence-electron chi connectivity index (χ1n) is 9.18. The molecular weight excluding hydrogens is 316 g/mol. The van der Waals surface area contributed by atoms with Crippen molar-refractivity contribution in [2.75, 3.05) is 26.7 Å². The van der Waals surface area contributed by atoms with Crippen LogP contribution in [0.3, 0.4) is 0 Å². The van der Waals surface area contributed by atoms with Gasteiger partial charge in [-0.05, 0) is 24.8 Å². The number of carbonyl (C=O) groups is 2. The Bertz CT molecular complexity index is 592. The van der Waals surface area contributed by atoms with Gasteiger partial charge in [0.15, 0.2) is 0 Å². The Hall–Kier alpha value is -2.08. The molecule has 6 heteroatoms. The highest BCUT2D eigenvalue weighted by Crippen LogP contribution is 2.20. The number of amides is 3. The lowest BCUT2D eigenvalue weighted by atomic mass is 10.1. The molecule has 0 radical (unpaired) electrons. The summed E-state index contributed by atoms with van der Waals surface area (Å²) in [5, 5.41) is 6.43. The van der Waals surface area contributed by atoms with Gasteiger partial charge >= 0.3 is 6.03 Å². The lowest BCUT2D eigenvalue weighted by molar-refractivity contribution is -0.131. The maximum atomic E-state index is 12.4. The lowest BCUT2D eigenvalue weighted by Gasteiger charge is -2.24. The first kappa shape index (κ1) is 17.7. The molecule has 2 aliphatic heterocycles. The second-order valence-corrected chi connectivity index (χ2v) is 7.09. The summed E-state index contributed by atoms with van der Waals surface area (Å²) in [5.74, 6) is 0.139. The summed E-state index contributed by atoms with van der Waals surface area (Å²) < 4.78 is 0. The highest BCUT2D eigenvalue weighted by atomic mass is 16.2. The van der Waals surface area contributed by atoms with Crippen LogP contribution in [0.1, 0.15) is 31.2 Å². The van der Waals surface area contributed by atoms with Crippen LogP contribution >= 0.6 is 0 Å². The fraction of sp³-hybridized carbons (Fsp3) is 0.579. The molecule has 2 bridgehead atoms. The van der Waals surface area contributed by atoms with Gasteiger partial charge in [0.05, 0.1) is 0 Å². The summed E-state index contributed by atoms with van der Waals surface area (Å²) in [6, 6.07) is 10.7. The molecule has 25 heavy (non-hydrogen) atoms. The number of fused-ring (bicyclic) bond motifs is 2. The molecule has 2 unspecified atom stereocenters. The fourth-order valence-corrected chi connectivity index (χ4v) is 3.67. The molecule has 136 valence electrons. The highest BCUT2D eigenvalue weighted by Gasteiger charge is 2.30. The zero-order valence-electron chi connectivity index (χ0n) is 14.9. The first-order chi connectivity index (χ1) is 12.1. The third-order valence-electron chi connectivity index (χ3n) is 5.10. The third-order valence-corrected chi connectivity index (χ3v) is 5.10. The number of nitrogens with zero attached hydrogens (tertiary/aromatic N) is 2. The van der Waals surface area contributed by atoms with Crippen LogP contribution in [0.4, 0.5) is 4.79 Å². The van der Waals surface area contributed by atoms with Gasteiger partial charge in [-0.1, -0.05) is 30.3 Å². The Balaban J connectivity index is 1.38. The number of likely N-dealkylation sites (tertiary alicyclic amines) is 1. The number of carbonyl (C=O) groups excluding carboxylic acids is 2. The molecule has 1 aromatic rings. The SMILES string of the molecule is CN(Cc1ccccc1)C(=O)NCCC(=O)N1CCC2CCC(C1)N2. The monoisotopic (exact) mass is 344 g/mol. The molecule has 0 saturated carbocycles. The van der Waals surface area contributed by atoms with Crippen molar-refractivity contribution in [3.8, 4) is 0 Å². The van der Waals surface area contributed by atoms with Crippen molar-refractivity contribution in [3.63, 3.8) is 0 Å². The van der Waals surface area contributed by atoms with Crippen LogP contribution in [0.5, 0.6) is 0 Å². The van der Waals surface area contributed by atoms with Gasteiger partial charge in [0.1, 0.15) is 0 Å². The van der Waals surface area contributed by atoms with E-state index in [1.807, 2.05) is 35.2 Å². The van der Waals surface area contributed by atoms with Gasteiger partial charge in [-0.15, -0.1) is 0 Å². The highest BCUT2D eigenvalue weighted by molar-refractivity contribution is 5.78. The van der Waals surface area contributed by atoms with Gasteiger partial charge in [-0.2, -0.15) is 0 Å². The number of hydrogen-bond donors (Lipinski definition) is 2. The zero-order chi connectivity index (χ0) is 17.6. The third kappa shape index (κ3) is 4.95. The minimum Gasteiger partial charge on any atom is -0.341 e. The number of rotatable bonds is 5. The fourth-order valence-electron chi connectivity index (χ4n) is 3.67. The molecule has 0 spiro atoms. The van der Waals surface area contributed by atoms with Gasteiger partial charge in [-0.3, -0.25) is 4.79 Å². The lowest BCUT2D eigenvalue weighted by Crippen LogP contribution is -2.42. The average Bonchev–Trinajstić information content (AvgIpc) is 2.94. The summed E-state index contributed by atoms with van der Waals surface area (Å²) in [5.41, 5.74) is 1.09. The Morgan fingerprint density at radius 3 is 2.76 bits per heavy atom. The quantitative estimate of drug-likeness (QED) is 0.852. The molecule has 1 aromatic carbocycles. The molecular formula is C19H28N4O2. The van der Waals surface area contributed by atoms with E-state index in [9.17, 15) is 9.59 Å². The Kier molecular flexibility index (Phi) is 5.91. The second-order valence-electron chi connectivity index (χ2n) is 7.09. The van der Waals surface area contributed by atoms with Crippen LogP contribution in [-0.2, 0) is 11.3 Å². The standard InChI is InChI=1S/C19H28N4O2/c1-22(13-15-5-3-2-4-6-15)19(25)20-11-9-18(24)23-12-10-16-7-8-17(14-23)21-16/h2-6,16-17,21H,7-14H2,1H3,(H,20,25). The van der Waals surface area contributed by atoms with E-state index < -0.39 is 0 Å². The molecule has 3 amide bonds. The van der Waals surface area contributed by atoms with E-state index >= 15 is 0 Å². The van der Waals surface area contributed by atoms with Crippen LogP contribution in [0.2, 0.25) is 0 Å². The minimum absolute atomic E-state index is 0.139. The van der Waals surface area contributed by atoms with Crippen molar-refractivity contribution < 1.29 is 9.59 Å². The number of nitrogens with one attached hydrogen (secondary N) is 2. The van der Waals surface area contributed by atoms with Crippen LogP contribution in [0.15, 0.2) is 30.3 Å². The molecule has 3 rings (SSSR count). The molecule has 0 aliphatic carbocycles. The van der Waals surface area contributed by atoms with E-state index in [0.29, 0.717) is 31.6 Å². The number of benzene rings is 1. The summed E-state index contributed by atoms with van der Waals surface area (Å²) in [6.45, 7) is 2.57. The van der Waals surface area contributed by atoms with Gasteiger partial charge in [0, 0.05) is 51.7 Å². The molecule has 2 fully saturated rings. The van der Waals surface area contributed by atoms with E-state index in [-0.39, 0.29) is 11.9 Å². The predicted octanol–water partition coefficient (Wildman–Crippen LogP) is 1.57. The zero-order valence-corrected chi connectivity index (χ0v) is 14.9. The van der Waals surface area contributed by atoms with Crippen molar-refractivity contribution in [2.45, 2.75) is 44.3 Å².